The molecule has 0 bridgehead atoms. The molecule has 0 radical (unpaired) electrons. The molecule has 3 aromatic rings. The lowest BCUT2D eigenvalue weighted by Crippen LogP contribution is -2.13. The number of aromatic amines is 1. The standard InChI is InChI=1S/C19H19N3O/c1-14(2)18-13-19(23)22(21-18)17-10-7-15(8-11-17)6-9-16-5-3-4-12-20-16/h3-14,21H,1-2H3. The lowest BCUT2D eigenvalue weighted by molar-refractivity contribution is 0.760. The Labute approximate surface area is 135 Å². The van der Waals surface area contributed by atoms with Crippen molar-refractivity contribution in [2.75, 3.05) is 0 Å². The average molecular weight is 305 g/mol. The maximum atomic E-state index is 12.1. The molecule has 0 saturated carbocycles. The molecule has 2 aromatic heterocycles. The highest BCUT2D eigenvalue weighted by atomic mass is 16.1. The minimum absolute atomic E-state index is 0.0366. The first kappa shape index (κ1) is 15.0. The number of nitrogens with one attached hydrogen (secondary N) is 1. The Bertz CT molecular complexity index is 856. The normalized spacial score (nSPS) is 11.4. The third-order valence-corrected chi connectivity index (χ3v) is 3.65. The molecule has 1 N–H and O–H groups in total. The van der Waals surface area contributed by atoms with Crippen molar-refractivity contribution in [2.24, 2.45) is 0 Å². The molecule has 0 aliphatic rings. The van der Waals surface area contributed by atoms with E-state index in [9.17, 15) is 4.79 Å². The van der Waals surface area contributed by atoms with Crippen LogP contribution in [0.3, 0.4) is 0 Å². The highest BCUT2D eigenvalue weighted by Crippen LogP contribution is 2.13. The monoisotopic (exact) mass is 305 g/mol. The summed E-state index contributed by atoms with van der Waals surface area (Å²) in [5.74, 6) is 0.296. The van der Waals surface area contributed by atoms with Crippen LogP contribution in [-0.2, 0) is 0 Å². The van der Waals surface area contributed by atoms with Gasteiger partial charge in [0.2, 0.25) is 0 Å². The van der Waals surface area contributed by atoms with Gasteiger partial charge in [-0.3, -0.25) is 14.9 Å². The summed E-state index contributed by atoms with van der Waals surface area (Å²) in [6, 6.07) is 15.3. The molecule has 0 aliphatic heterocycles. The fourth-order valence-electron chi connectivity index (χ4n) is 2.29. The summed E-state index contributed by atoms with van der Waals surface area (Å²) in [7, 11) is 0. The first-order valence-corrected chi connectivity index (χ1v) is 7.65. The van der Waals surface area contributed by atoms with Crippen LogP contribution in [0.15, 0.2) is 59.5 Å². The van der Waals surface area contributed by atoms with Crippen molar-refractivity contribution < 1.29 is 0 Å². The Morgan fingerprint density at radius 3 is 2.48 bits per heavy atom. The van der Waals surface area contributed by atoms with E-state index in [2.05, 4.69) is 23.9 Å². The molecule has 0 saturated heterocycles. The van der Waals surface area contributed by atoms with Gasteiger partial charge in [-0.25, -0.2) is 4.68 Å². The maximum Gasteiger partial charge on any atom is 0.271 e. The molecule has 0 aliphatic carbocycles. The molecule has 4 heteroatoms. The van der Waals surface area contributed by atoms with Crippen LogP contribution >= 0.6 is 0 Å². The van der Waals surface area contributed by atoms with Gasteiger partial charge in [-0.1, -0.05) is 38.1 Å². The Hall–Kier alpha value is -2.88. The molecular weight excluding hydrogens is 286 g/mol. The van der Waals surface area contributed by atoms with Crippen LogP contribution in [0.4, 0.5) is 0 Å². The summed E-state index contributed by atoms with van der Waals surface area (Å²) in [6.07, 6.45) is 5.74. The Morgan fingerprint density at radius 2 is 1.87 bits per heavy atom. The van der Waals surface area contributed by atoms with Crippen molar-refractivity contribution in [3.63, 3.8) is 0 Å². The van der Waals surface area contributed by atoms with Gasteiger partial charge in [0.25, 0.3) is 5.56 Å². The zero-order valence-corrected chi connectivity index (χ0v) is 13.2. The Morgan fingerprint density at radius 1 is 1.09 bits per heavy atom. The third-order valence-electron chi connectivity index (χ3n) is 3.65. The summed E-state index contributed by atoms with van der Waals surface area (Å²) in [5.41, 5.74) is 3.71. The summed E-state index contributed by atoms with van der Waals surface area (Å²) in [5, 5.41) is 3.15. The number of rotatable bonds is 4. The van der Waals surface area contributed by atoms with Gasteiger partial charge in [0, 0.05) is 18.0 Å². The Kier molecular flexibility index (Phi) is 4.24. The number of hydrogen-bond donors (Lipinski definition) is 1. The van der Waals surface area contributed by atoms with Gasteiger partial charge in [-0.2, -0.15) is 0 Å². The number of aromatic nitrogens is 3. The summed E-state index contributed by atoms with van der Waals surface area (Å²) < 4.78 is 1.57. The molecule has 116 valence electrons. The molecule has 0 amide bonds. The molecule has 0 fully saturated rings. The second kappa shape index (κ2) is 6.48. The topological polar surface area (TPSA) is 50.7 Å². The number of H-pyrrole nitrogens is 1. The smallest absolute Gasteiger partial charge is 0.271 e. The van der Waals surface area contributed by atoms with E-state index >= 15 is 0 Å². The second-order valence-electron chi connectivity index (χ2n) is 5.72. The van der Waals surface area contributed by atoms with Crippen molar-refractivity contribution in [1.82, 2.24) is 14.8 Å². The predicted octanol–water partition coefficient (Wildman–Crippen LogP) is 3.85. The van der Waals surface area contributed by atoms with Crippen molar-refractivity contribution in [3.8, 4) is 5.69 Å². The minimum Gasteiger partial charge on any atom is -0.295 e. The molecule has 0 atom stereocenters. The zero-order valence-electron chi connectivity index (χ0n) is 13.2. The van der Waals surface area contributed by atoms with E-state index < -0.39 is 0 Å². The molecule has 0 spiro atoms. The molecule has 23 heavy (non-hydrogen) atoms. The zero-order chi connectivity index (χ0) is 16.2. The van der Waals surface area contributed by atoms with E-state index in [0.717, 1.165) is 22.6 Å². The number of nitrogens with zero attached hydrogens (tertiary/aromatic N) is 2. The largest absolute Gasteiger partial charge is 0.295 e. The van der Waals surface area contributed by atoms with Crippen LogP contribution in [0.5, 0.6) is 0 Å². The minimum atomic E-state index is -0.0366. The van der Waals surface area contributed by atoms with Gasteiger partial charge < -0.3 is 0 Å². The second-order valence-corrected chi connectivity index (χ2v) is 5.72. The van der Waals surface area contributed by atoms with Gasteiger partial charge in [0.15, 0.2) is 0 Å². The van der Waals surface area contributed by atoms with E-state index in [1.165, 1.54) is 0 Å². The van der Waals surface area contributed by atoms with Crippen LogP contribution in [0.1, 0.15) is 36.7 Å². The van der Waals surface area contributed by atoms with Crippen molar-refractivity contribution in [3.05, 3.63) is 82.0 Å². The van der Waals surface area contributed by atoms with Gasteiger partial charge in [0.05, 0.1) is 11.4 Å². The molecular formula is C19H19N3O. The van der Waals surface area contributed by atoms with Crippen LogP contribution in [-0.4, -0.2) is 14.8 Å². The van der Waals surface area contributed by atoms with Crippen LogP contribution < -0.4 is 5.56 Å². The van der Waals surface area contributed by atoms with E-state index in [-0.39, 0.29) is 5.56 Å². The molecule has 2 heterocycles. The van der Waals surface area contributed by atoms with Crippen molar-refractivity contribution in [2.45, 2.75) is 19.8 Å². The van der Waals surface area contributed by atoms with Crippen LogP contribution in [0, 0.1) is 0 Å². The van der Waals surface area contributed by atoms with Crippen molar-refractivity contribution >= 4 is 12.2 Å². The molecule has 0 unspecified atom stereocenters. The summed E-state index contributed by atoms with van der Waals surface area (Å²) >= 11 is 0. The van der Waals surface area contributed by atoms with E-state index in [4.69, 9.17) is 0 Å². The SMILES string of the molecule is CC(C)c1cc(=O)n(-c2ccc(C=Cc3ccccn3)cc2)[nH]1. The van der Waals surface area contributed by atoms with Gasteiger partial charge in [-0.05, 0) is 41.8 Å². The molecule has 3 rings (SSSR count). The number of hydrogen-bond acceptors (Lipinski definition) is 2. The van der Waals surface area contributed by atoms with Crippen molar-refractivity contribution in [1.29, 1.82) is 0 Å². The molecule has 1 aromatic carbocycles. The molecule has 4 nitrogen and oxygen atoms in total. The quantitative estimate of drug-likeness (QED) is 0.796. The van der Waals surface area contributed by atoms with Crippen LogP contribution in [0.2, 0.25) is 0 Å². The average Bonchev–Trinajstić information content (AvgIpc) is 2.97. The van der Waals surface area contributed by atoms with Gasteiger partial charge in [0.1, 0.15) is 0 Å². The Balaban J connectivity index is 1.82. The third kappa shape index (κ3) is 3.48. The van der Waals surface area contributed by atoms with Crippen LogP contribution in [0.25, 0.3) is 17.8 Å². The number of benzene rings is 1. The van der Waals surface area contributed by atoms with Gasteiger partial charge in [-0.15, -0.1) is 0 Å². The summed E-state index contributed by atoms with van der Waals surface area (Å²) in [4.78, 5) is 16.3. The van der Waals surface area contributed by atoms with E-state index in [1.807, 2.05) is 54.6 Å². The lowest BCUT2D eigenvalue weighted by atomic mass is 10.1. The van der Waals surface area contributed by atoms with E-state index in [1.54, 1.807) is 16.9 Å². The van der Waals surface area contributed by atoms with E-state index in [0.29, 0.717) is 5.92 Å². The lowest BCUT2D eigenvalue weighted by Gasteiger charge is -2.04. The predicted molar refractivity (Wildman–Crippen MR) is 93.6 cm³/mol. The highest BCUT2D eigenvalue weighted by Gasteiger charge is 2.07. The summed E-state index contributed by atoms with van der Waals surface area (Å²) in [6.45, 7) is 4.11. The van der Waals surface area contributed by atoms with Gasteiger partial charge >= 0.3 is 0 Å². The fraction of sp³-hybridized carbons (Fsp3) is 0.158. The highest BCUT2D eigenvalue weighted by molar-refractivity contribution is 5.68. The first-order valence-electron chi connectivity index (χ1n) is 7.65. The fourth-order valence-corrected chi connectivity index (χ4v) is 2.29. The maximum absolute atomic E-state index is 12.1. The first-order chi connectivity index (χ1) is 11.1. The number of pyridine rings is 1.